The van der Waals surface area contributed by atoms with Crippen LogP contribution in [0, 0.1) is 0 Å². The molecule has 1 N–H and O–H groups in total. The number of carboxylic acids is 1. The van der Waals surface area contributed by atoms with Gasteiger partial charge >= 0.3 is 5.97 Å². The average Bonchev–Trinajstić information content (AvgIpc) is 2.13. The van der Waals surface area contributed by atoms with Crippen molar-refractivity contribution in [1.29, 1.82) is 0 Å². The molecule has 1 aromatic rings. The van der Waals surface area contributed by atoms with E-state index in [1.807, 2.05) is 0 Å². The second-order valence-corrected chi connectivity index (χ2v) is 3.03. The molecule has 1 aromatic heterocycles. The zero-order chi connectivity index (χ0) is 6.85. The predicted molar refractivity (Wildman–Crippen MR) is 37.9 cm³/mol. The van der Waals surface area contributed by atoms with Gasteiger partial charge in [0.25, 0.3) is 0 Å². The summed E-state index contributed by atoms with van der Waals surface area (Å²) in [5, 5.41) is 9.09. The fourth-order valence-electron chi connectivity index (χ4n) is 0.514. The van der Waals surface area contributed by atoms with Crippen LogP contribution in [0.4, 0.5) is 0 Å². The van der Waals surface area contributed by atoms with Crippen molar-refractivity contribution in [2.45, 2.75) is 0 Å². The third-order valence-electron chi connectivity index (χ3n) is 0.910. The van der Waals surface area contributed by atoms with E-state index in [1.165, 1.54) is 0 Å². The van der Waals surface area contributed by atoms with Gasteiger partial charge in [0.1, 0.15) is 0 Å². The van der Waals surface area contributed by atoms with Gasteiger partial charge in [0.05, 0.1) is 10.3 Å². The number of carboxylic acid groups (broad SMARTS) is 1. The maximum Gasteiger partial charge on any atom is 0.340 e. The summed E-state index contributed by atoms with van der Waals surface area (Å²) in [6.07, 6.45) is 0. The summed E-state index contributed by atoms with van der Waals surface area (Å²) in [6.45, 7) is 0. The van der Waals surface area contributed by atoms with Gasteiger partial charge in [-0.15, -0.1) is 8.19 Å². The number of hydrogen-bond acceptors (Lipinski definition) is 1. The third kappa shape index (κ3) is 1.26. The van der Waals surface area contributed by atoms with Gasteiger partial charge in [0.2, 0.25) is 0 Å². The van der Waals surface area contributed by atoms with Crippen molar-refractivity contribution in [3.05, 3.63) is 22.2 Å². The number of hydrogen-bond donors (Lipinski definition) is 1. The maximum atomic E-state index is 10.2. The minimum atomic E-state index is -0.914. The lowest BCUT2D eigenvalue weighted by Gasteiger charge is -1.85. The molecule has 0 amide bonds. The van der Waals surface area contributed by atoms with Crippen LogP contribution in [-0.2, 0) is 0 Å². The minimum absolute atomic E-state index is 0.228. The van der Waals surface area contributed by atoms with Crippen LogP contribution < -0.4 is 0 Å². The second kappa shape index (κ2) is 2.42. The zero-order valence-electron chi connectivity index (χ0n) is 4.39. The van der Waals surface area contributed by atoms with Gasteiger partial charge in [-0.05, 0) is 11.9 Å². The van der Waals surface area contributed by atoms with Crippen LogP contribution in [0.2, 0.25) is 5.02 Å². The van der Waals surface area contributed by atoms with E-state index in [-0.39, 0.29) is 8.19 Å². The highest BCUT2D eigenvalue weighted by Crippen LogP contribution is 2.25. The van der Waals surface area contributed by atoms with Crippen LogP contribution >= 0.6 is 19.8 Å². The molecule has 1 rings (SSSR count). The van der Waals surface area contributed by atoms with Gasteiger partial charge in [0, 0.05) is 0 Å². The molecule has 2 nitrogen and oxygen atoms in total. The molecule has 1 unspecified atom stereocenters. The molecule has 0 aliphatic heterocycles. The van der Waals surface area contributed by atoms with Crippen molar-refractivity contribution in [3.63, 3.8) is 0 Å². The molecule has 0 spiro atoms. The lowest BCUT2D eigenvalue weighted by molar-refractivity contribution is 0.0702. The van der Waals surface area contributed by atoms with Crippen LogP contribution in [0.5, 0.6) is 0 Å². The van der Waals surface area contributed by atoms with Gasteiger partial charge in [-0.3, -0.25) is 0 Å². The molecule has 4 heteroatoms. The molecule has 1 heterocycles. The summed E-state index contributed by atoms with van der Waals surface area (Å²) in [5.41, 5.74) is 0. The lowest BCUT2D eigenvalue weighted by Crippen LogP contribution is -1.90. The highest BCUT2D eigenvalue weighted by molar-refractivity contribution is 7.32. The molecular formula is C5H4ClO2P. The van der Waals surface area contributed by atoms with Crippen molar-refractivity contribution in [1.82, 2.24) is 0 Å². The Labute approximate surface area is 58.5 Å². The van der Waals surface area contributed by atoms with Crippen molar-refractivity contribution < 1.29 is 9.90 Å². The van der Waals surface area contributed by atoms with E-state index < -0.39 is 5.97 Å². The van der Waals surface area contributed by atoms with Crippen LogP contribution in [0.15, 0.2) is 11.9 Å². The first kappa shape index (κ1) is 6.66. The summed E-state index contributed by atoms with van der Waals surface area (Å²) >= 11 is 5.49. The number of carbonyl (C=O) groups is 1. The zero-order valence-corrected chi connectivity index (χ0v) is 6.14. The summed E-state index contributed by atoms with van der Waals surface area (Å²) in [4.78, 5) is 10.2. The molecule has 0 aliphatic carbocycles. The highest BCUT2D eigenvalue weighted by Gasteiger charge is 2.06. The average molecular weight is 163 g/mol. The molecule has 0 aromatic carbocycles. The Kier molecular flexibility index (Phi) is 1.79. The Morgan fingerprint density at radius 3 is 2.67 bits per heavy atom. The van der Waals surface area contributed by atoms with Crippen LogP contribution in [0.1, 0.15) is 10.1 Å². The SMILES string of the molecule is O=C(O)c1[pH]ccc1Cl. The van der Waals surface area contributed by atoms with Gasteiger partial charge in [0.15, 0.2) is 0 Å². The molecule has 48 valence electrons. The molecule has 0 aliphatic rings. The van der Waals surface area contributed by atoms with Crippen LogP contribution in [-0.4, -0.2) is 11.1 Å². The van der Waals surface area contributed by atoms with Gasteiger partial charge in [-0.1, -0.05) is 11.6 Å². The molecule has 0 fully saturated rings. The van der Waals surface area contributed by atoms with Crippen LogP contribution in [0.3, 0.4) is 0 Å². The van der Waals surface area contributed by atoms with E-state index in [4.69, 9.17) is 16.7 Å². The number of rotatable bonds is 1. The van der Waals surface area contributed by atoms with E-state index in [0.717, 1.165) is 0 Å². The first-order valence-corrected chi connectivity index (χ1v) is 3.73. The monoisotopic (exact) mass is 162 g/mol. The minimum Gasteiger partial charge on any atom is -0.477 e. The Morgan fingerprint density at radius 1 is 1.78 bits per heavy atom. The fraction of sp³-hybridized carbons (Fsp3) is 0. The van der Waals surface area contributed by atoms with Gasteiger partial charge in [-0.25, -0.2) is 4.79 Å². The predicted octanol–water partition coefficient (Wildman–Crippen LogP) is 2.07. The van der Waals surface area contributed by atoms with E-state index in [1.54, 1.807) is 11.9 Å². The largest absolute Gasteiger partial charge is 0.477 e. The maximum absolute atomic E-state index is 10.2. The first-order valence-electron chi connectivity index (χ1n) is 2.28. The summed E-state index contributed by atoms with van der Waals surface area (Å²) in [5.74, 6) is 0.842. The molecular weight excluding hydrogens is 158 g/mol. The topological polar surface area (TPSA) is 37.3 Å². The fourth-order valence-corrected chi connectivity index (χ4v) is 1.69. The molecule has 1 atom stereocenters. The van der Waals surface area contributed by atoms with E-state index in [2.05, 4.69) is 0 Å². The molecule has 9 heavy (non-hydrogen) atoms. The van der Waals surface area contributed by atoms with Crippen molar-refractivity contribution in [2.75, 3.05) is 0 Å². The van der Waals surface area contributed by atoms with Gasteiger partial charge in [-0.2, -0.15) is 0 Å². The normalized spacial score (nSPS) is 10.3. The highest BCUT2D eigenvalue weighted by atomic mass is 35.5. The summed E-state index contributed by atoms with van der Waals surface area (Å²) in [6, 6.07) is 1.61. The van der Waals surface area contributed by atoms with E-state index >= 15 is 0 Å². The Balaban J connectivity index is 3.08. The summed E-state index contributed by atoms with van der Waals surface area (Å²) in [7, 11) is 0.228. The molecule has 0 saturated heterocycles. The summed E-state index contributed by atoms with van der Waals surface area (Å²) < 4.78 is 0. The van der Waals surface area contributed by atoms with Gasteiger partial charge < -0.3 is 5.11 Å². The first-order chi connectivity index (χ1) is 4.22. The van der Waals surface area contributed by atoms with Crippen molar-refractivity contribution >= 4 is 25.8 Å². The van der Waals surface area contributed by atoms with E-state index in [9.17, 15) is 4.79 Å². The Bertz CT molecular complexity index is 231. The van der Waals surface area contributed by atoms with Crippen molar-refractivity contribution in [2.24, 2.45) is 0 Å². The number of aromatic carboxylic acids is 1. The van der Waals surface area contributed by atoms with E-state index in [0.29, 0.717) is 10.3 Å². The molecule has 0 bridgehead atoms. The smallest absolute Gasteiger partial charge is 0.340 e. The number of halogens is 1. The standard InChI is InChI=1S/C5H4ClO2P/c6-3-1-2-9-4(3)5(7)8/h1-2,9H,(H,7,8). The lowest BCUT2D eigenvalue weighted by atomic mass is 10.5. The Morgan fingerprint density at radius 2 is 2.44 bits per heavy atom. The second-order valence-electron chi connectivity index (χ2n) is 1.51. The molecule has 0 radical (unpaired) electrons. The molecule has 0 saturated carbocycles. The Hall–Kier alpha value is -0.460. The van der Waals surface area contributed by atoms with Crippen molar-refractivity contribution in [3.8, 4) is 0 Å². The van der Waals surface area contributed by atoms with Crippen LogP contribution in [0.25, 0.3) is 0 Å². The third-order valence-corrected chi connectivity index (χ3v) is 2.49. The quantitative estimate of drug-likeness (QED) is 0.686.